The molecule has 3 rings (SSSR count). The Morgan fingerprint density at radius 1 is 1.46 bits per heavy atom. The molecule has 1 unspecified atom stereocenters. The first-order chi connectivity index (χ1) is 12.7. The molecule has 9 nitrogen and oxygen atoms in total. The van der Waals surface area contributed by atoms with Crippen LogP contribution >= 0.6 is 0 Å². The van der Waals surface area contributed by atoms with Crippen LogP contribution in [-0.4, -0.2) is 63.6 Å². The molecular formula is C17H25N5O4. The summed E-state index contributed by atoms with van der Waals surface area (Å²) in [7, 11) is 1.58. The number of ether oxygens (including phenoxy) is 2. The van der Waals surface area contributed by atoms with E-state index in [2.05, 4.69) is 15.2 Å². The average Bonchev–Trinajstić information content (AvgIpc) is 3.31. The van der Waals surface area contributed by atoms with E-state index >= 15 is 0 Å². The summed E-state index contributed by atoms with van der Waals surface area (Å²) in [6, 6.07) is 1.77. The van der Waals surface area contributed by atoms with E-state index in [4.69, 9.17) is 14.0 Å². The molecular weight excluding hydrogens is 338 g/mol. The predicted molar refractivity (Wildman–Crippen MR) is 91.5 cm³/mol. The fourth-order valence-electron chi connectivity index (χ4n) is 3.08. The molecule has 1 saturated heterocycles. The molecule has 0 aliphatic carbocycles. The summed E-state index contributed by atoms with van der Waals surface area (Å²) in [5, 5.41) is 8.07. The minimum atomic E-state index is 0.0139. The largest absolute Gasteiger partial charge is 0.376 e. The van der Waals surface area contributed by atoms with Gasteiger partial charge in [0.2, 0.25) is 0 Å². The molecule has 1 atom stereocenters. The molecule has 2 aromatic heterocycles. The molecule has 2 aromatic rings. The summed E-state index contributed by atoms with van der Waals surface area (Å²) in [6.07, 6.45) is 4.13. The number of nitrogens with zero attached hydrogens (tertiary/aromatic N) is 5. The third-order valence-electron chi connectivity index (χ3n) is 4.36. The lowest BCUT2D eigenvalue weighted by molar-refractivity contribution is 0.00212. The van der Waals surface area contributed by atoms with Crippen molar-refractivity contribution < 1.29 is 18.8 Å². The van der Waals surface area contributed by atoms with Gasteiger partial charge in [-0.3, -0.25) is 9.48 Å². The minimum absolute atomic E-state index is 0.0139. The van der Waals surface area contributed by atoms with Crippen LogP contribution in [0.5, 0.6) is 0 Å². The fourth-order valence-corrected chi connectivity index (χ4v) is 3.08. The van der Waals surface area contributed by atoms with Crippen LogP contribution in [0.4, 0.5) is 0 Å². The molecule has 0 aromatic carbocycles. The van der Waals surface area contributed by atoms with E-state index in [9.17, 15) is 4.79 Å². The Labute approximate surface area is 152 Å². The van der Waals surface area contributed by atoms with Crippen molar-refractivity contribution in [2.45, 2.75) is 45.4 Å². The van der Waals surface area contributed by atoms with Crippen molar-refractivity contribution in [3.63, 3.8) is 0 Å². The van der Waals surface area contributed by atoms with Gasteiger partial charge in [0.05, 0.1) is 12.7 Å². The summed E-state index contributed by atoms with van der Waals surface area (Å²) >= 11 is 0. The normalized spacial score (nSPS) is 17.6. The van der Waals surface area contributed by atoms with Gasteiger partial charge in [-0.2, -0.15) is 10.1 Å². The van der Waals surface area contributed by atoms with Crippen molar-refractivity contribution in [3.05, 3.63) is 29.7 Å². The molecule has 0 bridgehead atoms. The molecule has 1 fully saturated rings. The maximum Gasteiger partial charge on any atom is 0.272 e. The maximum atomic E-state index is 12.7. The van der Waals surface area contributed by atoms with Crippen molar-refractivity contribution in [3.8, 4) is 0 Å². The highest BCUT2D eigenvalue weighted by Crippen LogP contribution is 2.16. The number of likely N-dealkylation sites (tertiary alicyclic amines) is 1. The van der Waals surface area contributed by atoms with Gasteiger partial charge in [-0.1, -0.05) is 5.16 Å². The molecule has 9 heteroatoms. The SMILES string of the molecule is CCn1nccc1C(=O)N1CCCC(OCCc2noc(COC)n2)C1. The van der Waals surface area contributed by atoms with Crippen LogP contribution in [0.15, 0.2) is 16.8 Å². The topological polar surface area (TPSA) is 95.5 Å². The van der Waals surface area contributed by atoms with E-state index in [1.165, 1.54) is 0 Å². The number of methoxy groups -OCH3 is 1. The summed E-state index contributed by atoms with van der Waals surface area (Å²) in [5.74, 6) is 1.08. The van der Waals surface area contributed by atoms with E-state index < -0.39 is 0 Å². The van der Waals surface area contributed by atoms with Gasteiger partial charge >= 0.3 is 0 Å². The van der Waals surface area contributed by atoms with Crippen molar-refractivity contribution in [2.75, 3.05) is 26.8 Å². The molecule has 0 saturated carbocycles. The lowest BCUT2D eigenvalue weighted by Gasteiger charge is -2.32. The first-order valence-electron chi connectivity index (χ1n) is 8.94. The number of piperidine rings is 1. The zero-order valence-electron chi connectivity index (χ0n) is 15.3. The Morgan fingerprint density at radius 2 is 2.35 bits per heavy atom. The zero-order chi connectivity index (χ0) is 18.4. The maximum absolute atomic E-state index is 12.7. The van der Waals surface area contributed by atoms with Crippen LogP contribution in [0, 0.1) is 0 Å². The first kappa shape index (κ1) is 18.5. The Hall–Kier alpha value is -2.26. The zero-order valence-corrected chi connectivity index (χ0v) is 15.3. The van der Waals surface area contributed by atoms with Crippen LogP contribution in [0.2, 0.25) is 0 Å². The number of aryl methyl sites for hydroxylation is 1. The molecule has 26 heavy (non-hydrogen) atoms. The number of aromatic nitrogens is 4. The molecule has 0 spiro atoms. The van der Waals surface area contributed by atoms with Crippen molar-refractivity contribution in [1.29, 1.82) is 0 Å². The number of carbonyl (C=O) groups is 1. The monoisotopic (exact) mass is 363 g/mol. The van der Waals surface area contributed by atoms with Gasteiger partial charge in [0.15, 0.2) is 5.82 Å². The van der Waals surface area contributed by atoms with Crippen LogP contribution in [0.25, 0.3) is 0 Å². The summed E-state index contributed by atoms with van der Waals surface area (Å²) in [5.41, 5.74) is 0.630. The van der Waals surface area contributed by atoms with Gasteiger partial charge in [-0.25, -0.2) is 0 Å². The van der Waals surface area contributed by atoms with Crippen molar-refractivity contribution in [2.24, 2.45) is 0 Å². The number of rotatable bonds is 8. The molecule has 3 heterocycles. The quantitative estimate of drug-likeness (QED) is 0.697. The number of hydrogen-bond donors (Lipinski definition) is 0. The second-order valence-corrected chi connectivity index (χ2v) is 6.21. The number of carbonyl (C=O) groups excluding carboxylic acids is 1. The molecule has 1 amide bonds. The highest BCUT2D eigenvalue weighted by atomic mass is 16.5. The standard InChI is InChI=1S/C17H25N5O4/c1-3-22-14(6-8-18-22)17(23)21-9-4-5-13(11-21)25-10-7-15-19-16(12-24-2)26-20-15/h6,8,13H,3-5,7,9-12H2,1-2H3. The summed E-state index contributed by atoms with van der Waals surface area (Å²) < 4.78 is 17.7. The Bertz CT molecular complexity index is 714. The highest BCUT2D eigenvalue weighted by molar-refractivity contribution is 5.92. The Morgan fingerprint density at radius 3 is 3.15 bits per heavy atom. The predicted octanol–water partition coefficient (Wildman–Crippen LogP) is 1.30. The number of hydrogen-bond acceptors (Lipinski definition) is 7. The minimum Gasteiger partial charge on any atom is -0.376 e. The van der Waals surface area contributed by atoms with Gasteiger partial charge in [-0.05, 0) is 25.8 Å². The summed E-state index contributed by atoms with van der Waals surface area (Å²) in [4.78, 5) is 18.8. The molecule has 0 radical (unpaired) electrons. The van der Waals surface area contributed by atoms with E-state index in [0.717, 1.165) is 19.4 Å². The Kier molecular flexibility index (Phi) is 6.35. The molecule has 1 aliphatic heterocycles. The summed E-state index contributed by atoms with van der Waals surface area (Å²) in [6.45, 7) is 4.79. The van der Waals surface area contributed by atoms with Crippen LogP contribution in [0.3, 0.4) is 0 Å². The van der Waals surface area contributed by atoms with E-state index in [1.54, 1.807) is 24.1 Å². The smallest absolute Gasteiger partial charge is 0.272 e. The van der Waals surface area contributed by atoms with Crippen LogP contribution in [-0.2, 0) is 29.0 Å². The lowest BCUT2D eigenvalue weighted by Crippen LogP contribution is -2.44. The van der Waals surface area contributed by atoms with Crippen LogP contribution in [0.1, 0.15) is 42.0 Å². The molecule has 1 aliphatic rings. The fraction of sp³-hybridized carbons (Fsp3) is 0.647. The van der Waals surface area contributed by atoms with E-state index in [0.29, 0.717) is 50.1 Å². The van der Waals surface area contributed by atoms with Crippen LogP contribution < -0.4 is 0 Å². The third kappa shape index (κ3) is 4.47. The van der Waals surface area contributed by atoms with Gasteiger partial charge < -0.3 is 18.9 Å². The molecule has 0 N–H and O–H groups in total. The van der Waals surface area contributed by atoms with Gasteiger partial charge in [0.1, 0.15) is 12.3 Å². The van der Waals surface area contributed by atoms with Gasteiger partial charge in [-0.15, -0.1) is 0 Å². The average molecular weight is 363 g/mol. The second-order valence-electron chi connectivity index (χ2n) is 6.21. The van der Waals surface area contributed by atoms with E-state index in [-0.39, 0.29) is 12.0 Å². The lowest BCUT2D eigenvalue weighted by atomic mass is 10.1. The Balaban J connectivity index is 1.48. The van der Waals surface area contributed by atoms with Crippen molar-refractivity contribution >= 4 is 5.91 Å². The third-order valence-corrected chi connectivity index (χ3v) is 4.36. The van der Waals surface area contributed by atoms with Gasteiger partial charge in [0, 0.05) is 39.4 Å². The van der Waals surface area contributed by atoms with Gasteiger partial charge in [0.25, 0.3) is 11.8 Å². The molecule has 142 valence electrons. The van der Waals surface area contributed by atoms with E-state index in [1.807, 2.05) is 11.8 Å². The van der Waals surface area contributed by atoms with Crippen molar-refractivity contribution in [1.82, 2.24) is 24.8 Å². The first-order valence-corrected chi connectivity index (χ1v) is 8.94. The highest BCUT2D eigenvalue weighted by Gasteiger charge is 2.26. The number of amides is 1. The second kappa shape index (κ2) is 8.91.